The molecule has 0 radical (unpaired) electrons. The predicted octanol–water partition coefficient (Wildman–Crippen LogP) is 5.89. The van der Waals surface area contributed by atoms with Crippen molar-refractivity contribution in [2.45, 2.75) is 86.7 Å². The SMILES string of the molecule is C[Si](C)(C)[CH2][Sn]([CH2][Si](C)(C)C)([O][Si](C)(C)C)[O][Si](C)(C)C. The molecule has 0 N–H and O–H groups in total. The summed E-state index contributed by atoms with van der Waals surface area (Å²) in [5.74, 6) is 0. The molecule has 0 saturated carbocycles. The molecular formula is C14H40O2Si4Sn. The van der Waals surface area contributed by atoms with Gasteiger partial charge in [-0.2, -0.15) is 0 Å². The number of hydrogen-bond donors (Lipinski definition) is 0. The summed E-state index contributed by atoms with van der Waals surface area (Å²) >= 11 is -3.00. The third kappa shape index (κ3) is 12.6. The van der Waals surface area contributed by atoms with E-state index in [0.29, 0.717) is 0 Å². The third-order valence-electron chi connectivity index (χ3n) is 2.58. The molecule has 0 saturated heterocycles. The molecule has 0 aromatic carbocycles. The van der Waals surface area contributed by atoms with Crippen molar-refractivity contribution in [3.8, 4) is 0 Å². The molecule has 0 aliphatic rings. The summed E-state index contributed by atoms with van der Waals surface area (Å²) in [7, 11) is -5.48. The molecule has 0 amide bonds. The summed E-state index contributed by atoms with van der Waals surface area (Å²) in [4.78, 5) is 0. The van der Waals surface area contributed by atoms with Gasteiger partial charge in [0.15, 0.2) is 0 Å². The van der Waals surface area contributed by atoms with Gasteiger partial charge in [-0.15, -0.1) is 0 Å². The van der Waals surface area contributed by atoms with Crippen molar-refractivity contribution < 1.29 is 5.53 Å². The van der Waals surface area contributed by atoms with Gasteiger partial charge < -0.3 is 0 Å². The molecule has 7 heteroatoms. The molecule has 0 atom stereocenters. The van der Waals surface area contributed by atoms with Crippen LogP contribution in [0.5, 0.6) is 0 Å². The Bertz CT molecular complexity index is 265. The van der Waals surface area contributed by atoms with Gasteiger partial charge in [0.25, 0.3) is 0 Å². The Balaban J connectivity index is 5.70. The molecule has 0 heterocycles. The Hall–Kier alpha value is 1.59. The summed E-state index contributed by atoms with van der Waals surface area (Å²) in [6.07, 6.45) is 0. The maximum absolute atomic E-state index is 6.98. The van der Waals surface area contributed by atoms with Crippen LogP contribution in [0.1, 0.15) is 0 Å². The van der Waals surface area contributed by atoms with Crippen molar-refractivity contribution in [3.05, 3.63) is 0 Å². The van der Waals surface area contributed by atoms with E-state index >= 15 is 0 Å². The van der Waals surface area contributed by atoms with Crippen LogP contribution >= 0.6 is 0 Å². The molecular weight excluding hydrogens is 431 g/mol. The second-order valence-corrected chi connectivity index (χ2v) is 45.4. The zero-order valence-corrected chi connectivity index (χ0v) is 23.6. The van der Waals surface area contributed by atoms with Crippen molar-refractivity contribution >= 4 is 52.0 Å². The summed E-state index contributed by atoms with van der Waals surface area (Å²) in [6.45, 7) is 29.0. The molecule has 0 rings (SSSR count). The Morgan fingerprint density at radius 1 is 0.524 bits per heavy atom. The fraction of sp³-hybridized carbons (Fsp3) is 1.00. The van der Waals surface area contributed by atoms with E-state index in [9.17, 15) is 0 Å². The molecule has 0 aromatic rings. The van der Waals surface area contributed by atoms with Crippen molar-refractivity contribution in [1.82, 2.24) is 0 Å². The fourth-order valence-corrected chi connectivity index (χ4v) is 68.7. The summed E-state index contributed by atoms with van der Waals surface area (Å²) in [5, 5.41) is 0. The number of rotatable bonds is 8. The average molecular weight is 472 g/mol. The van der Waals surface area contributed by atoms with Gasteiger partial charge in [-0.1, -0.05) is 0 Å². The van der Waals surface area contributed by atoms with E-state index in [1.54, 1.807) is 0 Å². The van der Waals surface area contributed by atoms with E-state index < -0.39 is 52.0 Å². The van der Waals surface area contributed by atoms with Crippen LogP contribution < -0.4 is 0 Å². The van der Waals surface area contributed by atoms with Crippen LogP contribution in [0.4, 0.5) is 0 Å². The second kappa shape index (κ2) is 7.22. The topological polar surface area (TPSA) is 18.5 Å². The molecule has 0 unspecified atom stereocenters. The Morgan fingerprint density at radius 2 is 0.762 bits per heavy atom. The molecule has 21 heavy (non-hydrogen) atoms. The maximum atomic E-state index is 6.98. The van der Waals surface area contributed by atoms with Gasteiger partial charge in [0.1, 0.15) is 0 Å². The van der Waals surface area contributed by atoms with E-state index in [2.05, 4.69) is 78.6 Å². The van der Waals surface area contributed by atoms with Gasteiger partial charge in [-0.05, 0) is 0 Å². The van der Waals surface area contributed by atoms with Gasteiger partial charge >= 0.3 is 144 Å². The first-order valence-electron chi connectivity index (χ1n) is 8.23. The van der Waals surface area contributed by atoms with E-state index in [-0.39, 0.29) is 0 Å². The van der Waals surface area contributed by atoms with Crippen LogP contribution in [0.3, 0.4) is 0 Å². The summed E-state index contributed by atoms with van der Waals surface area (Å²) < 4.78 is 16.6. The normalized spacial score (nSPS) is 15.4. The summed E-state index contributed by atoms with van der Waals surface area (Å²) in [5.41, 5.74) is 0. The molecule has 0 fully saturated rings. The molecule has 0 aliphatic carbocycles. The first-order chi connectivity index (χ1) is 8.83. The predicted molar refractivity (Wildman–Crippen MR) is 111 cm³/mol. The number of hydrogen-bond acceptors (Lipinski definition) is 2. The molecule has 128 valence electrons. The standard InChI is InChI=1S/2C4H11Si.2C3H9OSi.Sn/c4*1-5(2,3)4;/h2*1H2,2-4H3;2*1-3H3;/q;;2*-1;+2. The quantitative estimate of drug-likeness (QED) is 0.411. The van der Waals surface area contributed by atoms with E-state index in [0.717, 1.165) is 0 Å². The molecule has 0 aromatic heterocycles. The average Bonchev–Trinajstić information content (AvgIpc) is 1.83. The van der Waals surface area contributed by atoms with Crippen molar-refractivity contribution in [2.75, 3.05) is 0 Å². The van der Waals surface area contributed by atoms with Gasteiger partial charge in [0.05, 0.1) is 0 Å². The van der Waals surface area contributed by atoms with E-state index in [1.165, 1.54) is 8.12 Å². The zero-order valence-electron chi connectivity index (χ0n) is 16.7. The van der Waals surface area contributed by atoms with Crippen molar-refractivity contribution in [1.29, 1.82) is 0 Å². The van der Waals surface area contributed by atoms with Crippen LogP contribution in [0.25, 0.3) is 0 Å². The van der Waals surface area contributed by atoms with Crippen LogP contribution in [0.15, 0.2) is 0 Å². The van der Waals surface area contributed by atoms with Gasteiger partial charge in [-0.3, -0.25) is 0 Å². The van der Waals surface area contributed by atoms with Crippen LogP contribution in [-0.4, -0.2) is 52.0 Å². The van der Waals surface area contributed by atoms with Crippen LogP contribution in [-0.2, 0) is 5.53 Å². The fourth-order valence-electron chi connectivity index (χ4n) is 2.96. The van der Waals surface area contributed by atoms with Crippen LogP contribution in [0.2, 0.25) is 86.7 Å². The molecule has 0 aliphatic heterocycles. The molecule has 2 nitrogen and oxygen atoms in total. The van der Waals surface area contributed by atoms with Gasteiger partial charge in [0.2, 0.25) is 0 Å². The van der Waals surface area contributed by atoms with Crippen molar-refractivity contribution in [3.63, 3.8) is 0 Å². The van der Waals surface area contributed by atoms with E-state index in [4.69, 9.17) is 5.53 Å². The Labute approximate surface area is 143 Å². The Kier molecular flexibility index (Phi) is 7.77. The zero-order chi connectivity index (χ0) is 17.3. The minimum atomic E-state index is -3.00. The Morgan fingerprint density at radius 3 is 0.905 bits per heavy atom. The van der Waals surface area contributed by atoms with Crippen LogP contribution in [0, 0.1) is 0 Å². The molecule has 0 bridgehead atoms. The molecule has 0 spiro atoms. The summed E-state index contributed by atoms with van der Waals surface area (Å²) in [6, 6.07) is 0. The third-order valence-corrected chi connectivity index (χ3v) is 52.0. The monoisotopic (exact) mass is 472 g/mol. The van der Waals surface area contributed by atoms with Gasteiger partial charge in [0, 0.05) is 0 Å². The minimum absolute atomic E-state index is 1.18. The second-order valence-electron chi connectivity index (χ2n) is 10.8. The first-order valence-corrected chi connectivity index (χ1v) is 28.8. The first kappa shape index (κ1) is 22.6. The van der Waals surface area contributed by atoms with E-state index in [1.807, 2.05) is 0 Å². The van der Waals surface area contributed by atoms with Crippen molar-refractivity contribution in [2.24, 2.45) is 0 Å². The van der Waals surface area contributed by atoms with Gasteiger partial charge in [-0.25, -0.2) is 0 Å².